The number of benzene rings is 2. The Morgan fingerprint density at radius 1 is 0.500 bits per heavy atom. The van der Waals surface area contributed by atoms with Gasteiger partial charge in [0.1, 0.15) is 0 Å². The van der Waals surface area contributed by atoms with Gasteiger partial charge in [0.2, 0.25) is 0 Å². The summed E-state index contributed by atoms with van der Waals surface area (Å²) < 4.78 is 54.0. The Bertz CT molecular complexity index is 2940. The zero-order valence-corrected chi connectivity index (χ0v) is 53.1. The van der Waals surface area contributed by atoms with Crippen molar-refractivity contribution in [2.45, 2.75) is 208 Å². The van der Waals surface area contributed by atoms with Crippen molar-refractivity contribution in [3.63, 3.8) is 0 Å². The molecule has 0 bridgehead atoms. The van der Waals surface area contributed by atoms with Crippen LogP contribution in [0, 0.1) is 0 Å². The molecule has 6 aromatic rings. The van der Waals surface area contributed by atoms with Crippen LogP contribution in [-0.2, 0) is 50.0 Å². The molecule has 0 unspecified atom stereocenters. The van der Waals surface area contributed by atoms with Gasteiger partial charge < -0.3 is 36.8 Å². The van der Waals surface area contributed by atoms with Crippen LogP contribution < -0.4 is 5.46 Å². The third-order valence-corrected chi connectivity index (χ3v) is 26.7. The molecule has 0 aliphatic carbocycles. The van der Waals surface area contributed by atoms with Crippen molar-refractivity contribution >= 4 is 81.0 Å². The van der Waals surface area contributed by atoms with Crippen molar-refractivity contribution in [1.29, 1.82) is 0 Å². The molecular weight excluding hydrogens is 1050 g/mol. The first-order valence-corrected chi connectivity index (χ1v) is 33.2. The van der Waals surface area contributed by atoms with Gasteiger partial charge >= 0.3 is 21.1 Å². The van der Waals surface area contributed by atoms with Crippen LogP contribution in [0.3, 0.4) is 0 Å². The lowest BCUT2D eigenvalue weighted by Crippen LogP contribution is -2.41. The van der Waals surface area contributed by atoms with Crippen molar-refractivity contribution in [3.8, 4) is 11.4 Å². The van der Waals surface area contributed by atoms with Crippen LogP contribution >= 0.6 is 15.9 Å². The maximum absolute atomic E-state index is 6.38. The Labute approximate surface area is 465 Å². The molecule has 0 spiro atoms. The Morgan fingerprint density at radius 3 is 1.24 bits per heavy atom. The standard InChI is InChI=1S/C25H36BN3O3Si.C19H24BrN3OSi.C12H24B2O4/c1-23(2,3)33(8,9)30-17-20-15-21(12-13-27-20)29-22-14-19(11-10-18(22)16-28-29)26-31-24(4,5)25(6,7)32-26;1-19(2,3)25(4,5)24-13-16-11-17(8-9-21-16)23-18-10-15(20)7-6-14(18)12-22-23;1-9(2)10(3,4)16-13(15-9)14-17-11(5,6)12(7,8)18-14/h10-16H,17H2,1-9H3;6-12H,13H2,1-5H3;1-8H3. The largest absolute Gasteiger partial charge is 0.494 e. The van der Waals surface area contributed by atoms with Gasteiger partial charge in [-0.15, -0.1) is 0 Å². The zero-order valence-electron chi connectivity index (χ0n) is 49.6. The van der Waals surface area contributed by atoms with Gasteiger partial charge in [0.05, 0.1) is 93.0 Å². The van der Waals surface area contributed by atoms with Gasteiger partial charge in [-0.05, 0) is 167 Å². The van der Waals surface area contributed by atoms with Crippen LogP contribution in [0.25, 0.3) is 33.2 Å². The summed E-state index contributed by atoms with van der Waals surface area (Å²) in [6.45, 7) is 48.0. The second kappa shape index (κ2) is 21.2. The Morgan fingerprint density at radius 2 is 0.855 bits per heavy atom. The van der Waals surface area contributed by atoms with Crippen LogP contribution in [0.15, 0.2) is 89.9 Å². The summed E-state index contributed by atoms with van der Waals surface area (Å²) in [5.41, 5.74) is 4.65. The molecular formula is C56H84B3BrN6O8Si2. The van der Waals surface area contributed by atoms with Crippen LogP contribution in [0.4, 0.5) is 0 Å². The lowest BCUT2D eigenvalue weighted by Gasteiger charge is -2.36. The predicted molar refractivity (Wildman–Crippen MR) is 317 cm³/mol. The highest BCUT2D eigenvalue weighted by Crippen LogP contribution is 2.44. The van der Waals surface area contributed by atoms with E-state index in [0.29, 0.717) is 13.2 Å². The molecule has 76 heavy (non-hydrogen) atoms. The topological polar surface area (TPSA) is 135 Å². The van der Waals surface area contributed by atoms with E-state index in [1.165, 1.54) is 0 Å². The molecule has 3 aliphatic heterocycles. The highest BCUT2D eigenvalue weighted by atomic mass is 79.9. The molecule has 20 heteroatoms. The number of halogens is 1. The quantitative estimate of drug-likeness (QED) is 0.121. The molecule has 7 heterocycles. The minimum atomic E-state index is -1.85. The van der Waals surface area contributed by atoms with Gasteiger partial charge in [-0.1, -0.05) is 75.7 Å². The van der Waals surface area contributed by atoms with E-state index in [-0.39, 0.29) is 43.7 Å². The normalized spacial score (nSPS) is 19.7. The Hall–Kier alpha value is -3.53. The molecule has 0 amide bonds. The summed E-state index contributed by atoms with van der Waals surface area (Å²) in [7, 11) is -5.00. The number of nitrogens with zero attached hydrogens (tertiary/aromatic N) is 6. The number of fused-ring (bicyclic) bond motifs is 2. The molecule has 0 atom stereocenters. The van der Waals surface area contributed by atoms with Crippen LogP contribution in [0.2, 0.25) is 36.3 Å². The monoisotopic (exact) mass is 1140 g/mol. The van der Waals surface area contributed by atoms with Crippen molar-refractivity contribution in [1.82, 2.24) is 29.5 Å². The first-order valence-electron chi connectivity index (χ1n) is 26.6. The average molecular weight is 1140 g/mol. The second-order valence-electron chi connectivity index (χ2n) is 26.6. The second-order valence-corrected chi connectivity index (χ2v) is 37.1. The lowest BCUT2D eigenvalue weighted by atomic mass is 9.49. The molecule has 3 fully saturated rings. The first kappa shape index (κ1) is 60.1. The van der Waals surface area contributed by atoms with Crippen molar-refractivity contribution in [2.75, 3.05) is 0 Å². The number of hydrogen-bond donors (Lipinski definition) is 0. The highest BCUT2D eigenvalue weighted by molar-refractivity contribution is 9.10. The van der Waals surface area contributed by atoms with Gasteiger partial charge in [0.25, 0.3) is 0 Å². The van der Waals surface area contributed by atoms with Gasteiger partial charge in [-0.2, -0.15) is 10.2 Å². The third-order valence-electron chi connectivity index (χ3n) is 17.3. The van der Waals surface area contributed by atoms with Crippen LogP contribution in [0.1, 0.15) is 136 Å². The van der Waals surface area contributed by atoms with Gasteiger partial charge in [-0.3, -0.25) is 9.97 Å². The molecule has 410 valence electrons. The van der Waals surface area contributed by atoms with E-state index in [2.05, 4.69) is 174 Å². The van der Waals surface area contributed by atoms with E-state index in [9.17, 15) is 0 Å². The van der Waals surface area contributed by atoms with E-state index in [1.54, 1.807) is 0 Å². The number of rotatable bonds is 10. The molecule has 3 aliphatic rings. The van der Waals surface area contributed by atoms with E-state index >= 15 is 0 Å². The fourth-order valence-electron chi connectivity index (χ4n) is 7.86. The summed E-state index contributed by atoms with van der Waals surface area (Å²) in [6, 6.07) is 20.5. The SMILES string of the molecule is CC(C)(C)[Si](C)(C)OCc1cc(-n2ncc3ccc(Br)cc32)ccn1.CC1(C)OB(B2OC(C)(C)C(C)(C)O2)OC1(C)C.CC1(C)OB(c2ccc3cnn(-c4ccnc(CO[Si](C)(C)C(C)(C)C)c4)c3c2)OC1(C)C. The number of aromatic nitrogens is 6. The van der Waals surface area contributed by atoms with Crippen molar-refractivity contribution in [3.05, 3.63) is 101 Å². The maximum Gasteiger partial charge on any atom is 0.494 e. The van der Waals surface area contributed by atoms with Gasteiger partial charge in [-0.25, -0.2) is 9.36 Å². The molecule has 0 N–H and O–H groups in total. The van der Waals surface area contributed by atoms with Crippen LogP contribution in [0.5, 0.6) is 0 Å². The minimum Gasteiger partial charge on any atom is -0.411 e. The molecule has 4 aromatic heterocycles. The molecule has 0 saturated carbocycles. The summed E-state index contributed by atoms with van der Waals surface area (Å²) >= 11 is 3.53. The summed E-state index contributed by atoms with van der Waals surface area (Å²) in [6.07, 6.45) is 7.42. The smallest absolute Gasteiger partial charge is 0.411 e. The van der Waals surface area contributed by atoms with E-state index < -0.39 is 37.8 Å². The minimum absolute atomic E-state index is 0.159. The highest BCUT2D eigenvalue weighted by Gasteiger charge is 2.64. The molecule has 14 nitrogen and oxygen atoms in total. The van der Waals surface area contributed by atoms with Crippen molar-refractivity contribution < 1.29 is 36.8 Å². The summed E-state index contributed by atoms with van der Waals surface area (Å²) in [5.74, 6) is 0. The maximum atomic E-state index is 6.38. The third kappa shape index (κ3) is 12.7. The zero-order chi connectivity index (χ0) is 56.5. The van der Waals surface area contributed by atoms with Crippen LogP contribution in [-0.4, -0.2) is 101 Å². The average Bonchev–Trinajstić information content (AvgIpc) is 4.07. The first-order chi connectivity index (χ1) is 34.8. The predicted octanol–water partition coefficient (Wildman–Crippen LogP) is 13.2. The summed E-state index contributed by atoms with van der Waals surface area (Å²) in [5, 5.41) is 11.7. The van der Waals surface area contributed by atoms with E-state index in [4.69, 9.17) is 36.8 Å². The Balaban J connectivity index is 0.000000174. The van der Waals surface area contributed by atoms with Gasteiger partial charge in [0, 0.05) is 27.6 Å². The fourth-order valence-corrected chi connectivity index (χ4v) is 10.1. The molecule has 9 rings (SSSR count). The van der Waals surface area contributed by atoms with E-state index in [0.717, 1.165) is 54.5 Å². The Kier molecular flexibility index (Phi) is 16.7. The lowest BCUT2D eigenvalue weighted by molar-refractivity contribution is 0.00578. The summed E-state index contributed by atoms with van der Waals surface area (Å²) in [4.78, 5) is 9.02. The molecule has 2 aromatic carbocycles. The van der Waals surface area contributed by atoms with Crippen molar-refractivity contribution in [2.24, 2.45) is 0 Å². The molecule has 0 radical (unpaired) electrons. The van der Waals surface area contributed by atoms with E-state index in [1.807, 2.05) is 108 Å². The van der Waals surface area contributed by atoms with Gasteiger partial charge in [0.15, 0.2) is 16.6 Å². The number of hydrogen-bond acceptors (Lipinski definition) is 12. The molecule has 3 saturated heterocycles. The fraction of sp³-hybridized carbons (Fsp3) is 0.571. The number of pyridine rings is 2.